The molecule has 24 heavy (non-hydrogen) atoms. The average molecular weight is 315 g/mol. The van der Waals surface area contributed by atoms with Crippen molar-refractivity contribution in [3.05, 3.63) is 66.6 Å². The summed E-state index contributed by atoms with van der Waals surface area (Å²) >= 11 is 0. The van der Waals surface area contributed by atoms with Crippen LogP contribution in [0.3, 0.4) is 0 Å². The van der Waals surface area contributed by atoms with E-state index < -0.39 is 0 Å². The molecule has 0 aliphatic carbocycles. The Morgan fingerprint density at radius 2 is 1.96 bits per heavy atom. The standard InChI is InChI=1S/C19H15N4O/c1-13-6-3-4-9-16(13)17-11-23-19(20-12-21-23)18(22-17)14-7-5-8-15(10-14)24-2/h3-11H,1-2H3. The minimum atomic E-state index is 0.667. The highest BCUT2D eigenvalue weighted by atomic mass is 16.5. The van der Waals surface area contributed by atoms with Gasteiger partial charge in [0, 0.05) is 11.1 Å². The van der Waals surface area contributed by atoms with E-state index in [0.29, 0.717) is 5.65 Å². The molecule has 2 aromatic heterocycles. The molecule has 0 aliphatic rings. The Balaban J connectivity index is 1.98. The number of rotatable bonds is 3. The maximum absolute atomic E-state index is 5.33. The first kappa shape index (κ1) is 14.4. The quantitative estimate of drug-likeness (QED) is 0.580. The summed E-state index contributed by atoms with van der Waals surface area (Å²) in [4.78, 5) is 9.08. The van der Waals surface area contributed by atoms with E-state index in [4.69, 9.17) is 9.72 Å². The summed E-state index contributed by atoms with van der Waals surface area (Å²) < 4.78 is 7.04. The second kappa shape index (κ2) is 5.77. The largest absolute Gasteiger partial charge is 0.497 e. The van der Waals surface area contributed by atoms with E-state index in [2.05, 4.69) is 35.5 Å². The van der Waals surface area contributed by atoms with Crippen molar-refractivity contribution >= 4 is 5.65 Å². The molecule has 117 valence electrons. The normalized spacial score (nSPS) is 10.9. The molecule has 0 saturated carbocycles. The monoisotopic (exact) mass is 315 g/mol. The Bertz CT molecular complexity index is 1020. The smallest absolute Gasteiger partial charge is 0.221 e. The Hall–Kier alpha value is -3.21. The Morgan fingerprint density at radius 3 is 2.79 bits per heavy atom. The molecule has 0 saturated heterocycles. The minimum Gasteiger partial charge on any atom is -0.497 e. The number of benzene rings is 2. The lowest BCUT2D eigenvalue weighted by Gasteiger charge is -2.10. The fourth-order valence-corrected chi connectivity index (χ4v) is 2.74. The molecule has 0 aliphatic heterocycles. The van der Waals surface area contributed by atoms with Gasteiger partial charge < -0.3 is 4.74 Å². The number of hydrogen-bond donors (Lipinski definition) is 0. The zero-order valence-electron chi connectivity index (χ0n) is 13.4. The lowest BCUT2D eigenvalue weighted by molar-refractivity contribution is 0.415. The van der Waals surface area contributed by atoms with E-state index in [-0.39, 0.29) is 0 Å². The van der Waals surface area contributed by atoms with Crippen LogP contribution in [0.4, 0.5) is 0 Å². The van der Waals surface area contributed by atoms with Crippen molar-refractivity contribution in [2.75, 3.05) is 7.11 Å². The molecule has 2 aromatic carbocycles. The fraction of sp³-hybridized carbons (Fsp3) is 0.105. The molecule has 0 unspecified atom stereocenters. The van der Waals surface area contributed by atoms with Crippen molar-refractivity contribution < 1.29 is 4.74 Å². The third kappa shape index (κ3) is 2.40. The van der Waals surface area contributed by atoms with Crippen LogP contribution >= 0.6 is 0 Å². The summed E-state index contributed by atoms with van der Waals surface area (Å²) in [7, 11) is 1.65. The van der Waals surface area contributed by atoms with Crippen LogP contribution in [-0.2, 0) is 0 Å². The van der Waals surface area contributed by atoms with Crippen LogP contribution in [0.25, 0.3) is 28.2 Å². The van der Waals surface area contributed by atoms with E-state index >= 15 is 0 Å². The third-order valence-corrected chi connectivity index (χ3v) is 3.98. The van der Waals surface area contributed by atoms with E-state index in [9.17, 15) is 0 Å². The molecular formula is C19H15N4O. The molecule has 1 radical (unpaired) electrons. The van der Waals surface area contributed by atoms with E-state index in [0.717, 1.165) is 33.8 Å². The zero-order chi connectivity index (χ0) is 16.5. The van der Waals surface area contributed by atoms with Crippen molar-refractivity contribution in [2.24, 2.45) is 0 Å². The van der Waals surface area contributed by atoms with Gasteiger partial charge in [0.1, 0.15) is 11.4 Å². The van der Waals surface area contributed by atoms with E-state index in [1.54, 1.807) is 11.6 Å². The first-order valence-electron chi connectivity index (χ1n) is 7.60. The first-order valence-corrected chi connectivity index (χ1v) is 7.60. The molecule has 0 fully saturated rings. The van der Waals surface area contributed by atoms with Crippen molar-refractivity contribution in [3.63, 3.8) is 0 Å². The van der Waals surface area contributed by atoms with Gasteiger partial charge in [-0.1, -0.05) is 36.4 Å². The number of ether oxygens (including phenoxy) is 1. The Labute approximate surface area is 139 Å². The van der Waals surface area contributed by atoms with Gasteiger partial charge in [0.25, 0.3) is 0 Å². The highest BCUT2D eigenvalue weighted by molar-refractivity contribution is 5.77. The van der Waals surface area contributed by atoms with Crippen LogP contribution in [-0.4, -0.2) is 26.7 Å². The maximum atomic E-state index is 5.33. The zero-order valence-corrected chi connectivity index (χ0v) is 13.4. The fourth-order valence-electron chi connectivity index (χ4n) is 2.74. The van der Waals surface area contributed by atoms with Crippen molar-refractivity contribution in [1.29, 1.82) is 0 Å². The van der Waals surface area contributed by atoms with E-state index in [1.807, 2.05) is 42.6 Å². The number of aryl methyl sites for hydroxylation is 1. The van der Waals surface area contributed by atoms with Gasteiger partial charge in [-0.05, 0) is 24.6 Å². The van der Waals surface area contributed by atoms with Crippen LogP contribution in [0.1, 0.15) is 5.56 Å². The summed E-state index contributed by atoms with van der Waals surface area (Å²) in [6.07, 6.45) is 4.54. The molecule has 0 bridgehead atoms. The molecule has 0 amide bonds. The lowest BCUT2D eigenvalue weighted by Crippen LogP contribution is -1.98. The second-order valence-corrected chi connectivity index (χ2v) is 5.50. The van der Waals surface area contributed by atoms with Crippen molar-refractivity contribution in [1.82, 2.24) is 19.6 Å². The average Bonchev–Trinajstić information content (AvgIpc) is 3.10. The topological polar surface area (TPSA) is 52.3 Å². The van der Waals surface area contributed by atoms with Gasteiger partial charge in [-0.2, -0.15) is 0 Å². The van der Waals surface area contributed by atoms with Gasteiger partial charge >= 0.3 is 0 Å². The second-order valence-electron chi connectivity index (χ2n) is 5.50. The van der Waals surface area contributed by atoms with Gasteiger partial charge in [-0.3, -0.25) is 0 Å². The Morgan fingerprint density at radius 1 is 1.08 bits per heavy atom. The van der Waals surface area contributed by atoms with E-state index in [1.165, 1.54) is 0 Å². The minimum absolute atomic E-state index is 0.667. The maximum Gasteiger partial charge on any atom is 0.221 e. The predicted octanol–water partition coefficient (Wildman–Crippen LogP) is 3.58. The summed E-state index contributed by atoms with van der Waals surface area (Å²) in [5.41, 5.74) is 5.42. The molecular weight excluding hydrogens is 300 g/mol. The van der Waals surface area contributed by atoms with Gasteiger partial charge in [-0.15, -0.1) is 5.10 Å². The van der Waals surface area contributed by atoms with Crippen LogP contribution in [0.2, 0.25) is 0 Å². The van der Waals surface area contributed by atoms with Crippen molar-refractivity contribution in [2.45, 2.75) is 6.92 Å². The van der Waals surface area contributed by atoms with Gasteiger partial charge in [0.2, 0.25) is 6.33 Å². The molecule has 0 atom stereocenters. The molecule has 4 aromatic rings. The van der Waals surface area contributed by atoms with Gasteiger partial charge in [-0.25, -0.2) is 14.5 Å². The van der Waals surface area contributed by atoms with Crippen LogP contribution in [0, 0.1) is 13.3 Å². The molecule has 5 heteroatoms. The summed E-state index contributed by atoms with van der Waals surface area (Å²) in [5.74, 6) is 0.775. The van der Waals surface area contributed by atoms with Gasteiger partial charge in [0.05, 0.1) is 19.0 Å². The first-order chi connectivity index (χ1) is 11.8. The van der Waals surface area contributed by atoms with Crippen LogP contribution < -0.4 is 4.74 Å². The highest BCUT2D eigenvalue weighted by Gasteiger charge is 2.13. The number of hydrogen-bond acceptors (Lipinski definition) is 4. The number of nitrogens with zero attached hydrogens (tertiary/aromatic N) is 4. The SMILES string of the molecule is COc1cccc(-c2nc(-c3ccccc3C)cn3n[c]nc23)c1. The molecule has 0 N–H and O–H groups in total. The molecule has 4 rings (SSSR count). The molecule has 5 nitrogen and oxygen atoms in total. The third-order valence-electron chi connectivity index (χ3n) is 3.98. The molecule has 2 heterocycles. The number of methoxy groups -OCH3 is 1. The van der Waals surface area contributed by atoms with Crippen LogP contribution in [0.15, 0.2) is 54.7 Å². The predicted molar refractivity (Wildman–Crippen MR) is 91.8 cm³/mol. The van der Waals surface area contributed by atoms with Crippen LogP contribution in [0.5, 0.6) is 5.75 Å². The molecule has 0 spiro atoms. The Kier molecular flexibility index (Phi) is 3.46. The lowest BCUT2D eigenvalue weighted by atomic mass is 10.1. The van der Waals surface area contributed by atoms with Crippen molar-refractivity contribution in [3.8, 4) is 28.3 Å². The summed E-state index contributed by atoms with van der Waals surface area (Å²) in [5, 5.41) is 4.17. The highest BCUT2D eigenvalue weighted by Crippen LogP contribution is 2.29. The number of aromatic nitrogens is 4. The van der Waals surface area contributed by atoms with Gasteiger partial charge in [0.15, 0.2) is 5.65 Å². The summed E-state index contributed by atoms with van der Waals surface area (Å²) in [6.45, 7) is 2.07. The number of fused-ring (bicyclic) bond motifs is 1. The summed E-state index contributed by atoms with van der Waals surface area (Å²) in [6, 6.07) is 15.9.